The molecule has 0 amide bonds. The highest BCUT2D eigenvalue weighted by Crippen LogP contribution is 2.45. The van der Waals surface area contributed by atoms with E-state index in [1.807, 2.05) is 0 Å². The molecule has 0 aliphatic carbocycles. The van der Waals surface area contributed by atoms with Crippen molar-refractivity contribution in [1.29, 1.82) is 0 Å². The Bertz CT molecular complexity index is 3880. The maximum Gasteiger partial charge on any atom is 0.0562 e. The second-order valence-corrected chi connectivity index (χ2v) is 17.3. The van der Waals surface area contributed by atoms with Crippen LogP contribution < -0.4 is 4.90 Å². The number of nitrogens with zero attached hydrogens (tertiary/aromatic N) is 3. The monoisotopic (exact) mass is 853 g/mol. The highest BCUT2D eigenvalue weighted by molar-refractivity contribution is 6.17. The minimum absolute atomic E-state index is 1.08. The van der Waals surface area contributed by atoms with Crippen LogP contribution in [-0.4, -0.2) is 9.13 Å². The smallest absolute Gasteiger partial charge is 0.0562 e. The quantitative estimate of drug-likeness (QED) is 0.148. The van der Waals surface area contributed by atoms with Gasteiger partial charge in [0.2, 0.25) is 0 Å². The van der Waals surface area contributed by atoms with Crippen molar-refractivity contribution in [3.63, 3.8) is 0 Å². The SMILES string of the molecule is c1ccc(-c2cccc3cccc(-c4ccc(N(c5ccc(-c6ccc(-n7c8ccccc8c8ccccc87)cc6)cc5)c5cccc6c5c5ccccc5n6-c5ccccc5)cc4)c23)cc1. The molecule has 0 bridgehead atoms. The van der Waals surface area contributed by atoms with Gasteiger partial charge in [-0.15, -0.1) is 0 Å². The Hall–Kier alpha value is -8.92. The van der Waals surface area contributed by atoms with E-state index in [0.29, 0.717) is 0 Å². The topological polar surface area (TPSA) is 13.1 Å². The molecule has 0 saturated carbocycles. The Labute approximate surface area is 389 Å². The number of aromatic nitrogens is 2. The van der Waals surface area contributed by atoms with Crippen LogP contribution in [0.1, 0.15) is 0 Å². The van der Waals surface area contributed by atoms with E-state index in [1.165, 1.54) is 76.7 Å². The number of fused-ring (bicyclic) bond motifs is 7. The van der Waals surface area contributed by atoms with Gasteiger partial charge in [-0.3, -0.25) is 0 Å². The normalized spacial score (nSPS) is 11.6. The minimum atomic E-state index is 1.08. The van der Waals surface area contributed by atoms with Crippen LogP contribution in [0.2, 0.25) is 0 Å². The lowest BCUT2D eigenvalue weighted by molar-refractivity contribution is 1.18. The molecule has 3 nitrogen and oxygen atoms in total. The standard InChI is InChI=1S/C64H43N3/c1-3-16-46(17-4-1)53-25-13-18-48-19-14-26-54(63(48)53)47-36-42-51(43-37-47)65(61-30-15-31-62-64(61)57-24-9-12-29-60(57)67(62)49-20-5-2-6-21-49)50-38-32-44(33-39-50)45-34-40-52(41-35-45)66-58-27-10-7-22-55(58)56-23-8-11-28-59(56)66/h1-43H. The van der Waals surface area contributed by atoms with Crippen LogP contribution in [0.3, 0.4) is 0 Å². The second-order valence-electron chi connectivity index (χ2n) is 17.3. The Balaban J connectivity index is 0.941. The fourth-order valence-corrected chi connectivity index (χ4v) is 10.5. The van der Waals surface area contributed by atoms with Crippen molar-refractivity contribution >= 4 is 71.4 Å². The van der Waals surface area contributed by atoms with E-state index in [1.54, 1.807) is 0 Å². The maximum absolute atomic E-state index is 2.43. The van der Waals surface area contributed by atoms with Crippen LogP contribution in [0, 0.1) is 0 Å². The van der Waals surface area contributed by atoms with Crippen molar-refractivity contribution in [3.05, 3.63) is 261 Å². The van der Waals surface area contributed by atoms with Gasteiger partial charge in [-0.25, -0.2) is 0 Å². The molecule has 0 saturated heterocycles. The predicted molar refractivity (Wildman–Crippen MR) is 284 cm³/mol. The largest absolute Gasteiger partial charge is 0.310 e. The average Bonchev–Trinajstić information content (AvgIpc) is 3.93. The Morgan fingerprint density at radius 2 is 0.672 bits per heavy atom. The van der Waals surface area contributed by atoms with Gasteiger partial charge < -0.3 is 14.0 Å². The molecule has 0 fully saturated rings. The molecule has 11 aromatic carbocycles. The van der Waals surface area contributed by atoms with Crippen molar-refractivity contribution < 1.29 is 0 Å². The second kappa shape index (κ2) is 16.0. The first kappa shape index (κ1) is 38.5. The Morgan fingerprint density at radius 1 is 0.254 bits per heavy atom. The van der Waals surface area contributed by atoms with Crippen molar-refractivity contribution in [2.75, 3.05) is 4.90 Å². The van der Waals surface area contributed by atoms with Gasteiger partial charge in [-0.05, 0) is 123 Å². The first-order valence-corrected chi connectivity index (χ1v) is 23.0. The van der Waals surface area contributed by atoms with Crippen LogP contribution in [0.4, 0.5) is 17.1 Å². The summed E-state index contributed by atoms with van der Waals surface area (Å²) in [6.45, 7) is 0. The van der Waals surface area contributed by atoms with Crippen molar-refractivity contribution in [3.8, 4) is 44.8 Å². The summed E-state index contributed by atoms with van der Waals surface area (Å²) in [5.74, 6) is 0. The minimum Gasteiger partial charge on any atom is -0.310 e. The maximum atomic E-state index is 2.43. The van der Waals surface area contributed by atoms with Crippen molar-refractivity contribution in [2.24, 2.45) is 0 Å². The Morgan fingerprint density at radius 3 is 1.27 bits per heavy atom. The third kappa shape index (κ3) is 6.43. The molecule has 2 aromatic heterocycles. The van der Waals surface area contributed by atoms with E-state index in [4.69, 9.17) is 0 Å². The van der Waals surface area contributed by atoms with E-state index < -0.39 is 0 Å². The molecule has 0 N–H and O–H groups in total. The average molecular weight is 854 g/mol. The summed E-state index contributed by atoms with van der Waals surface area (Å²) in [4.78, 5) is 2.43. The molecule has 0 atom stereocenters. The van der Waals surface area contributed by atoms with Gasteiger partial charge in [-0.2, -0.15) is 0 Å². The van der Waals surface area contributed by atoms with Crippen molar-refractivity contribution in [1.82, 2.24) is 9.13 Å². The van der Waals surface area contributed by atoms with Crippen LogP contribution >= 0.6 is 0 Å². The number of anilines is 3. The van der Waals surface area contributed by atoms with Gasteiger partial charge in [0.15, 0.2) is 0 Å². The lowest BCUT2D eigenvalue weighted by Gasteiger charge is -2.27. The molecular weight excluding hydrogens is 811 g/mol. The molecular formula is C64H43N3. The molecule has 314 valence electrons. The van der Waals surface area contributed by atoms with Crippen LogP contribution in [-0.2, 0) is 0 Å². The summed E-state index contributed by atoms with van der Waals surface area (Å²) < 4.78 is 4.77. The number of benzene rings is 11. The summed E-state index contributed by atoms with van der Waals surface area (Å²) in [5, 5.41) is 7.44. The molecule has 0 spiro atoms. The zero-order chi connectivity index (χ0) is 44.3. The molecule has 2 heterocycles. The van der Waals surface area contributed by atoms with Crippen LogP contribution in [0.5, 0.6) is 0 Å². The zero-order valence-corrected chi connectivity index (χ0v) is 36.7. The fraction of sp³-hybridized carbons (Fsp3) is 0. The molecule has 0 unspecified atom stereocenters. The van der Waals surface area contributed by atoms with Gasteiger partial charge in [-0.1, -0.05) is 182 Å². The highest BCUT2D eigenvalue weighted by Gasteiger charge is 2.22. The molecule has 67 heavy (non-hydrogen) atoms. The first-order valence-electron chi connectivity index (χ1n) is 23.0. The summed E-state index contributed by atoms with van der Waals surface area (Å²) in [5.41, 5.74) is 17.5. The van der Waals surface area contributed by atoms with Gasteiger partial charge >= 0.3 is 0 Å². The number of rotatable bonds is 8. The highest BCUT2D eigenvalue weighted by atomic mass is 15.1. The number of hydrogen-bond acceptors (Lipinski definition) is 1. The first-order chi connectivity index (χ1) is 33.3. The van der Waals surface area contributed by atoms with E-state index in [-0.39, 0.29) is 0 Å². The van der Waals surface area contributed by atoms with Gasteiger partial charge in [0.05, 0.1) is 27.8 Å². The summed E-state index contributed by atoms with van der Waals surface area (Å²) in [6.07, 6.45) is 0. The number of hydrogen-bond donors (Lipinski definition) is 0. The Kier molecular flexibility index (Phi) is 9.17. The van der Waals surface area contributed by atoms with E-state index in [9.17, 15) is 0 Å². The van der Waals surface area contributed by atoms with Crippen LogP contribution in [0.15, 0.2) is 261 Å². The lowest BCUT2D eigenvalue weighted by Crippen LogP contribution is -2.10. The third-order valence-corrected chi connectivity index (χ3v) is 13.5. The molecule has 3 heteroatoms. The van der Waals surface area contributed by atoms with E-state index in [0.717, 1.165) is 39.5 Å². The van der Waals surface area contributed by atoms with Gasteiger partial charge in [0.25, 0.3) is 0 Å². The van der Waals surface area contributed by atoms with Gasteiger partial charge in [0.1, 0.15) is 0 Å². The molecule has 0 aliphatic heterocycles. The molecule has 0 radical (unpaired) electrons. The molecule has 13 rings (SSSR count). The summed E-state index contributed by atoms with van der Waals surface area (Å²) in [7, 11) is 0. The van der Waals surface area contributed by atoms with E-state index >= 15 is 0 Å². The molecule has 0 aliphatic rings. The third-order valence-electron chi connectivity index (χ3n) is 13.5. The summed E-state index contributed by atoms with van der Waals surface area (Å²) in [6, 6.07) is 94.8. The van der Waals surface area contributed by atoms with Gasteiger partial charge in [0, 0.05) is 44.3 Å². The van der Waals surface area contributed by atoms with Crippen molar-refractivity contribution in [2.45, 2.75) is 0 Å². The predicted octanol–water partition coefficient (Wildman–Crippen LogP) is 17.5. The molecule has 13 aromatic rings. The zero-order valence-electron chi connectivity index (χ0n) is 36.7. The number of para-hydroxylation sites is 4. The fourth-order valence-electron chi connectivity index (χ4n) is 10.5. The summed E-state index contributed by atoms with van der Waals surface area (Å²) >= 11 is 0. The van der Waals surface area contributed by atoms with E-state index in [2.05, 4.69) is 275 Å². The van der Waals surface area contributed by atoms with Crippen LogP contribution in [0.25, 0.3) is 99.1 Å². The lowest BCUT2D eigenvalue weighted by atomic mass is 9.91.